The third-order valence-electron chi connectivity index (χ3n) is 2.18. The lowest BCUT2D eigenvalue weighted by atomic mass is 10.2. The molecular formula is C10H12ClNO3S. The maximum absolute atomic E-state index is 11.7. The molecule has 88 valence electrons. The minimum Gasteiger partial charge on any atom is -0.342 e. The number of rotatable bonds is 3. The average Bonchev–Trinajstić information content (AvgIpc) is 2.26. The van der Waals surface area contributed by atoms with Crippen LogP contribution in [0.25, 0.3) is 0 Å². The van der Waals surface area contributed by atoms with Crippen molar-refractivity contribution in [3.8, 4) is 0 Å². The molecule has 0 aromatic heterocycles. The third-order valence-corrected chi connectivity index (χ3v) is 3.54. The fourth-order valence-corrected chi connectivity index (χ4v) is 1.94. The summed E-state index contributed by atoms with van der Waals surface area (Å²) in [6.07, 6.45) is 0. The fraction of sp³-hybridized carbons (Fsp3) is 0.300. The van der Waals surface area contributed by atoms with Gasteiger partial charge in [-0.15, -0.1) is 0 Å². The van der Waals surface area contributed by atoms with Gasteiger partial charge in [0.2, 0.25) is 0 Å². The standard InChI is InChI=1S/C10H12ClNO3S/c1-3-12(2)10(13)8-5-4-6-9(7-8)16(11,14)15/h4-7H,3H2,1-2H3. The van der Waals surface area contributed by atoms with E-state index in [0.717, 1.165) is 0 Å². The van der Waals surface area contributed by atoms with Crippen LogP contribution in [0.3, 0.4) is 0 Å². The number of nitrogens with zero attached hydrogens (tertiary/aromatic N) is 1. The van der Waals surface area contributed by atoms with Crippen LogP contribution < -0.4 is 0 Å². The van der Waals surface area contributed by atoms with E-state index in [1.54, 1.807) is 13.1 Å². The van der Waals surface area contributed by atoms with Gasteiger partial charge in [-0.25, -0.2) is 8.42 Å². The summed E-state index contributed by atoms with van der Waals surface area (Å²) >= 11 is 0. The first kappa shape index (κ1) is 13.0. The molecule has 0 heterocycles. The lowest BCUT2D eigenvalue weighted by Crippen LogP contribution is -2.26. The molecular weight excluding hydrogens is 250 g/mol. The number of hydrogen-bond donors (Lipinski definition) is 0. The van der Waals surface area contributed by atoms with Crippen molar-refractivity contribution < 1.29 is 13.2 Å². The van der Waals surface area contributed by atoms with Crippen LogP contribution in [-0.4, -0.2) is 32.8 Å². The molecule has 0 fully saturated rings. The first-order valence-electron chi connectivity index (χ1n) is 4.66. The highest BCUT2D eigenvalue weighted by Gasteiger charge is 2.14. The highest BCUT2D eigenvalue weighted by molar-refractivity contribution is 8.13. The van der Waals surface area contributed by atoms with Crippen molar-refractivity contribution in [1.29, 1.82) is 0 Å². The third kappa shape index (κ3) is 2.96. The molecule has 16 heavy (non-hydrogen) atoms. The molecule has 0 aliphatic rings. The Balaban J connectivity index is 3.14. The summed E-state index contributed by atoms with van der Waals surface area (Å²) in [4.78, 5) is 13.2. The number of halogens is 1. The Kier molecular flexibility index (Phi) is 3.93. The van der Waals surface area contributed by atoms with Gasteiger partial charge in [-0.05, 0) is 25.1 Å². The maximum Gasteiger partial charge on any atom is 0.261 e. The molecule has 0 spiro atoms. The van der Waals surface area contributed by atoms with E-state index in [1.165, 1.54) is 23.1 Å². The van der Waals surface area contributed by atoms with Gasteiger partial charge in [0.05, 0.1) is 4.90 Å². The van der Waals surface area contributed by atoms with E-state index in [1.807, 2.05) is 6.92 Å². The van der Waals surface area contributed by atoms with Gasteiger partial charge < -0.3 is 4.90 Å². The molecule has 1 aromatic carbocycles. The van der Waals surface area contributed by atoms with Gasteiger partial charge >= 0.3 is 0 Å². The summed E-state index contributed by atoms with van der Waals surface area (Å²) in [6.45, 7) is 2.39. The van der Waals surface area contributed by atoms with Crippen LogP contribution in [0.4, 0.5) is 0 Å². The number of amides is 1. The van der Waals surface area contributed by atoms with Crippen molar-refractivity contribution in [2.24, 2.45) is 0 Å². The Labute approximate surface area is 99.2 Å². The van der Waals surface area contributed by atoms with Gasteiger partial charge in [0.15, 0.2) is 0 Å². The molecule has 0 atom stereocenters. The topological polar surface area (TPSA) is 54.5 Å². The first-order chi connectivity index (χ1) is 7.36. The zero-order chi connectivity index (χ0) is 12.3. The Bertz CT molecular complexity index is 499. The van der Waals surface area contributed by atoms with E-state index in [0.29, 0.717) is 12.1 Å². The van der Waals surface area contributed by atoms with Crippen molar-refractivity contribution in [3.63, 3.8) is 0 Å². The van der Waals surface area contributed by atoms with Crippen LogP contribution in [0, 0.1) is 0 Å². The highest BCUT2D eigenvalue weighted by Crippen LogP contribution is 2.16. The number of hydrogen-bond acceptors (Lipinski definition) is 3. The summed E-state index contributed by atoms with van der Waals surface area (Å²) in [5, 5.41) is 0. The number of carbonyl (C=O) groups excluding carboxylic acids is 1. The van der Waals surface area contributed by atoms with Gasteiger partial charge in [-0.3, -0.25) is 4.79 Å². The molecule has 1 amide bonds. The molecule has 0 N–H and O–H groups in total. The normalized spacial score (nSPS) is 11.2. The second-order valence-electron chi connectivity index (χ2n) is 3.29. The second-order valence-corrected chi connectivity index (χ2v) is 5.85. The summed E-state index contributed by atoms with van der Waals surface area (Å²) in [5.41, 5.74) is 0.311. The summed E-state index contributed by atoms with van der Waals surface area (Å²) < 4.78 is 22.2. The Hall–Kier alpha value is -1.07. The van der Waals surface area contributed by atoms with Crippen LogP contribution in [0.5, 0.6) is 0 Å². The maximum atomic E-state index is 11.7. The van der Waals surface area contributed by atoms with Crippen LogP contribution in [0.2, 0.25) is 0 Å². The molecule has 4 nitrogen and oxygen atoms in total. The van der Waals surface area contributed by atoms with Gasteiger partial charge in [-0.2, -0.15) is 0 Å². The van der Waals surface area contributed by atoms with Crippen molar-refractivity contribution in [1.82, 2.24) is 4.90 Å². The lowest BCUT2D eigenvalue weighted by Gasteiger charge is -2.14. The first-order valence-corrected chi connectivity index (χ1v) is 6.97. The Morgan fingerprint density at radius 2 is 2.06 bits per heavy atom. The molecule has 1 rings (SSSR count). The van der Waals surface area contributed by atoms with Crippen LogP contribution in [0.15, 0.2) is 29.2 Å². The number of carbonyl (C=O) groups is 1. The monoisotopic (exact) mass is 261 g/mol. The SMILES string of the molecule is CCN(C)C(=O)c1cccc(S(=O)(=O)Cl)c1. The minimum absolute atomic E-state index is 0.0653. The average molecular weight is 262 g/mol. The van der Waals surface area contributed by atoms with E-state index >= 15 is 0 Å². The van der Waals surface area contributed by atoms with Gasteiger partial charge in [0.1, 0.15) is 0 Å². The predicted molar refractivity (Wildman–Crippen MR) is 62.1 cm³/mol. The molecule has 0 saturated carbocycles. The van der Waals surface area contributed by atoms with Gasteiger partial charge in [0, 0.05) is 29.8 Å². The van der Waals surface area contributed by atoms with E-state index in [4.69, 9.17) is 10.7 Å². The lowest BCUT2D eigenvalue weighted by molar-refractivity contribution is 0.0802. The van der Waals surface area contributed by atoms with Crippen LogP contribution in [0.1, 0.15) is 17.3 Å². The Morgan fingerprint density at radius 1 is 1.44 bits per heavy atom. The fourth-order valence-electron chi connectivity index (χ4n) is 1.14. The summed E-state index contributed by atoms with van der Waals surface area (Å²) in [5.74, 6) is -0.232. The molecule has 0 aliphatic heterocycles. The van der Waals surface area contributed by atoms with Crippen molar-refractivity contribution in [3.05, 3.63) is 29.8 Å². The zero-order valence-electron chi connectivity index (χ0n) is 8.97. The van der Waals surface area contributed by atoms with Crippen molar-refractivity contribution in [2.45, 2.75) is 11.8 Å². The molecule has 0 saturated heterocycles. The van der Waals surface area contributed by atoms with E-state index in [-0.39, 0.29) is 10.8 Å². The molecule has 1 aromatic rings. The van der Waals surface area contributed by atoms with Crippen molar-refractivity contribution >= 4 is 25.6 Å². The highest BCUT2D eigenvalue weighted by atomic mass is 35.7. The zero-order valence-corrected chi connectivity index (χ0v) is 10.5. The number of benzene rings is 1. The van der Waals surface area contributed by atoms with E-state index < -0.39 is 9.05 Å². The van der Waals surface area contributed by atoms with E-state index in [9.17, 15) is 13.2 Å². The minimum atomic E-state index is -3.79. The largest absolute Gasteiger partial charge is 0.342 e. The summed E-state index contributed by atoms with van der Waals surface area (Å²) in [7, 11) is 3.05. The molecule has 0 bridgehead atoms. The van der Waals surface area contributed by atoms with Crippen molar-refractivity contribution in [2.75, 3.05) is 13.6 Å². The molecule has 0 radical (unpaired) electrons. The summed E-state index contributed by atoms with van der Waals surface area (Å²) in [6, 6.07) is 5.67. The van der Waals surface area contributed by atoms with Gasteiger partial charge in [0.25, 0.3) is 15.0 Å². The van der Waals surface area contributed by atoms with Crippen LogP contribution >= 0.6 is 10.7 Å². The molecule has 6 heteroatoms. The van der Waals surface area contributed by atoms with E-state index in [2.05, 4.69) is 0 Å². The van der Waals surface area contributed by atoms with Gasteiger partial charge in [-0.1, -0.05) is 6.07 Å². The predicted octanol–water partition coefficient (Wildman–Crippen LogP) is 1.71. The quantitative estimate of drug-likeness (QED) is 0.779. The molecule has 0 unspecified atom stereocenters. The van der Waals surface area contributed by atoms with Crippen LogP contribution in [-0.2, 0) is 9.05 Å². The molecule has 0 aliphatic carbocycles. The smallest absolute Gasteiger partial charge is 0.261 e. The Morgan fingerprint density at radius 3 is 2.56 bits per heavy atom. The second kappa shape index (κ2) is 4.84.